The maximum absolute atomic E-state index is 9.54. The molecule has 1 aromatic rings. The van der Waals surface area contributed by atoms with Gasteiger partial charge in [0.05, 0.1) is 12.1 Å². The molecule has 18 heavy (non-hydrogen) atoms. The van der Waals surface area contributed by atoms with E-state index in [9.17, 15) is 10.5 Å². The summed E-state index contributed by atoms with van der Waals surface area (Å²) in [6.45, 7) is 1.88. The lowest BCUT2D eigenvalue weighted by Gasteiger charge is -2.30. The van der Waals surface area contributed by atoms with E-state index in [2.05, 4.69) is 29.2 Å². The van der Waals surface area contributed by atoms with E-state index in [1.807, 2.05) is 12.1 Å². The maximum Gasteiger partial charge on any atom is 0.163 e. The zero-order valence-electron chi connectivity index (χ0n) is 10.3. The molecule has 1 saturated heterocycles. The van der Waals surface area contributed by atoms with Crippen molar-refractivity contribution in [1.29, 1.82) is 10.5 Å². The van der Waals surface area contributed by atoms with Crippen molar-refractivity contribution in [2.45, 2.75) is 31.8 Å². The quantitative estimate of drug-likeness (QED) is 0.695. The van der Waals surface area contributed by atoms with Crippen LogP contribution in [0, 0.1) is 28.1 Å². The molecule has 0 amide bonds. The maximum atomic E-state index is 9.54. The molecule has 0 spiro atoms. The average Bonchev–Trinajstić information content (AvgIpc) is 2.82. The fourth-order valence-corrected chi connectivity index (χ4v) is 3.35. The second-order valence-corrected chi connectivity index (χ2v) is 5.27. The molecule has 2 heterocycles. The van der Waals surface area contributed by atoms with Gasteiger partial charge in [-0.25, -0.2) is 0 Å². The first-order valence-corrected chi connectivity index (χ1v) is 6.42. The molecule has 0 saturated carbocycles. The summed E-state index contributed by atoms with van der Waals surface area (Å²) in [6.07, 6.45) is 2.63. The van der Waals surface area contributed by atoms with Crippen molar-refractivity contribution in [1.82, 2.24) is 4.90 Å². The van der Waals surface area contributed by atoms with Crippen LogP contribution < -0.4 is 0 Å². The molecule has 90 valence electrons. The van der Waals surface area contributed by atoms with Gasteiger partial charge in [0.15, 0.2) is 5.41 Å². The molecule has 2 aliphatic heterocycles. The average molecular weight is 237 g/mol. The van der Waals surface area contributed by atoms with Crippen molar-refractivity contribution in [2.75, 3.05) is 6.54 Å². The molecule has 0 aliphatic carbocycles. The molecular weight excluding hydrogens is 222 g/mol. The highest BCUT2D eigenvalue weighted by atomic mass is 15.2. The molecule has 1 aromatic carbocycles. The smallest absolute Gasteiger partial charge is 0.163 e. The summed E-state index contributed by atoms with van der Waals surface area (Å²) < 4.78 is 0. The van der Waals surface area contributed by atoms with Gasteiger partial charge in [-0.15, -0.1) is 0 Å². The zero-order chi connectivity index (χ0) is 12.6. The second-order valence-electron chi connectivity index (χ2n) is 5.27. The molecule has 2 aliphatic rings. The van der Waals surface area contributed by atoms with Crippen molar-refractivity contribution in [3.63, 3.8) is 0 Å². The highest BCUT2D eigenvalue weighted by Crippen LogP contribution is 2.40. The molecule has 0 aromatic heterocycles. The summed E-state index contributed by atoms with van der Waals surface area (Å²) in [6, 6.07) is 12.9. The van der Waals surface area contributed by atoms with Gasteiger partial charge in [-0.1, -0.05) is 24.3 Å². The lowest BCUT2D eigenvalue weighted by molar-refractivity contribution is 0.181. The highest BCUT2D eigenvalue weighted by Gasteiger charge is 2.47. The van der Waals surface area contributed by atoms with Crippen molar-refractivity contribution in [3.8, 4) is 12.1 Å². The standard InChI is InChI=1S/C15H15N3/c16-10-15(11-17)8-12-4-1-2-5-13(12)9-18-7-3-6-14(15)18/h1-2,4-5,14H,3,6-9H2. The number of nitrogens with zero attached hydrogens (tertiary/aromatic N) is 3. The Morgan fingerprint density at radius 1 is 1.17 bits per heavy atom. The van der Waals surface area contributed by atoms with Crippen molar-refractivity contribution < 1.29 is 0 Å². The SMILES string of the molecule is N#CC1(C#N)Cc2ccccc2CN2CCCC21. The minimum Gasteiger partial charge on any atom is -0.293 e. The Morgan fingerprint density at radius 2 is 1.89 bits per heavy atom. The third-order valence-electron chi connectivity index (χ3n) is 4.29. The minimum absolute atomic E-state index is 0.0971. The highest BCUT2D eigenvalue weighted by molar-refractivity contribution is 5.35. The van der Waals surface area contributed by atoms with Gasteiger partial charge >= 0.3 is 0 Å². The first kappa shape index (κ1) is 11.3. The monoisotopic (exact) mass is 237 g/mol. The van der Waals surface area contributed by atoms with Gasteiger partial charge in [-0.05, 0) is 30.5 Å². The largest absolute Gasteiger partial charge is 0.293 e. The van der Waals surface area contributed by atoms with Crippen LogP contribution in [0.1, 0.15) is 24.0 Å². The van der Waals surface area contributed by atoms with Gasteiger partial charge in [-0.3, -0.25) is 4.90 Å². The Bertz CT molecular complexity index is 536. The third-order valence-corrected chi connectivity index (χ3v) is 4.29. The van der Waals surface area contributed by atoms with E-state index in [0.29, 0.717) is 6.42 Å². The minimum atomic E-state index is -0.872. The normalized spacial score (nSPS) is 25.3. The molecule has 3 nitrogen and oxygen atoms in total. The van der Waals surface area contributed by atoms with Crippen LogP contribution in [-0.4, -0.2) is 17.5 Å². The third kappa shape index (κ3) is 1.52. The van der Waals surface area contributed by atoms with Crippen LogP contribution in [0.3, 0.4) is 0 Å². The summed E-state index contributed by atoms with van der Waals surface area (Å²) in [4.78, 5) is 2.32. The van der Waals surface area contributed by atoms with Gasteiger partial charge in [0.2, 0.25) is 0 Å². The van der Waals surface area contributed by atoms with Gasteiger partial charge in [0.25, 0.3) is 0 Å². The summed E-state index contributed by atoms with van der Waals surface area (Å²) in [5.41, 5.74) is 1.56. The number of fused-ring (bicyclic) bond motifs is 2. The number of hydrogen-bond donors (Lipinski definition) is 0. The molecule has 0 N–H and O–H groups in total. The van der Waals surface area contributed by atoms with Gasteiger partial charge in [-0.2, -0.15) is 10.5 Å². The Hall–Kier alpha value is -1.84. The Balaban J connectivity index is 2.12. The van der Waals surface area contributed by atoms with Crippen LogP contribution in [0.5, 0.6) is 0 Å². The lowest BCUT2D eigenvalue weighted by atomic mass is 9.77. The van der Waals surface area contributed by atoms with Gasteiger partial charge in [0, 0.05) is 19.0 Å². The topological polar surface area (TPSA) is 50.8 Å². The van der Waals surface area contributed by atoms with Crippen LogP contribution in [-0.2, 0) is 13.0 Å². The number of nitriles is 2. The van der Waals surface area contributed by atoms with E-state index >= 15 is 0 Å². The summed E-state index contributed by atoms with van der Waals surface area (Å²) >= 11 is 0. The van der Waals surface area contributed by atoms with E-state index in [1.54, 1.807) is 0 Å². The fraction of sp³-hybridized carbons (Fsp3) is 0.467. The van der Waals surface area contributed by atoms with Crippen LogP contribution in [0.25, 0.3) is 0 Å². The molecule has 1 unspecified atom stereocenters. The van der Waals surface area contributed by atoms with Crippen LogP contribution in [0.15, 0.2) is 24.3 Å². The first-order valence-electron chi connectivity index (χ1n) is 6.42. The van der Waals surface area contributed by atoms with Crippen molar-refractivity contribution in [2.24, 2.45) is 5.41 Å². The van der Waals surface area contributed by atoms with E-state index < -0.39 is 5.41 Å². The van der Waals surface area contributed by atoms with Crippen LogP contribution >= 0.6 is 0 Å². The second kappa shape index (κ2) is 4.12. The Labute approximate surface area is 107 Å². The van der Waals surface area contributed by atoms with Crippen LogP contribution in [0.2, 0.25) is 0 Å². The molecule has 1 fully saturated rings. The van der Waals surface area contributed by atoms with Crippen LogP contribution in [0.4, 0.5) is 0 Å². The molecule has 3 rings (SSSR count). The lowest BCUT2D eigenvalue weighted by Crippen LogP contribution is -2.41. The summed E-state index contributed by atoms with van der Waals surface area (Å²) in [5, 5.41) is 19.1. The van der Waals surface area contributed by atoms with E-state index in [0.717, 1.165) is 31.5 Å². The van der Waals surface area contributed by atoms with E-state index in [4.69, 9.17) is 0 Å². The Morgan fingerprint density at radius 3 is 2.61 bits per heavy atom. The van der Waals surface area contributed by atoms with Crippen molar-refractivity contribution >= 4 is 0 Å². The number of rotatable bonds is 0. The van der Waals surface area contributed by atoms with E-state index in [-0.39, 0.29) is 6.04 Å². The molecule has 0 radical (unpaired) electrons. The van der Waals surface area contributed by atoms with Gasteiger partial charge < -0.3 is 0 Å². The fourth-order valence-electron chi connectivity index (χ4n) is 3.35. The zero-order valence-corrected chi connectivity index (χ0v) is 10.3. The number of benzene rings is 1. The van der Waals surface area contributed by atoms with E-state index in [1.165, 1.54) is 5.56 Å². The molecular formula is C15H15N3. The predicted octanol–water partition coefficient (Wildman–Crippen LogP) is 2.24. The molecule has 3 heteroatoms. The summed E-state index contributed by atoms with van der Waals surface area (Å²) in [5.74, 6) is 0. The first-order chi connectivity index (χ1) is 8.79. The predicted molar refractivity (Wildman–Crippen MR) is 67.2 cm³/mol. The molecule has 0 bridgehead atoms. The Kier molecular flexibility index (Phi) is 2.58. The molecule has 1 atom stereocenters. The summed E-state index contributed by atoms with van der Waals surface area (Å²) in [7, 11) is 0. The van der Waals surface area contributed by atoms with Gasteiger partial charge in [0.1, 0.15) is 0 Å². The van der Waals surface area contributed by atoms with Crippen molar-refractivity contribution in [3.05, 3.63) is 35.4 Å². The number of hydrogen-bond acceptors (Lipinski definition) is 3.